The zero-order valence-electron chi connectivity index (χ0n) is 15.6. The molecule has 5 heteroatoms. The van der Waals surface area contributed by atoms with Crippen LogP contribution in [0.2, 0.25) is 0 Å². The molecule has 0 spiro atoms. The number of aromatic nitrogens is 2. The van der Waals surface area contributed by atoms with Crippen molar-refractivity contribution in [2.45, 2.75) is 20.3 Å². The molecule has 0 saturated carbocycles. The largest absolute Gasteiger partial charge is 0.497 e. The van der Waals surface area contributed by atoms with Gasteiger partial charge in [0.1, 0.15) is 23.0 Å². The minimum Gasteiger partial charge on any atom is -0.497 e. The van der Waals surface area contributed by atoms with Gasteiger partial charge in [-0.25, -0.2) is 4.68 Å². The van der Waals surface area contributed by atoms with Crippen LogP contribution >= 0.6 is 0 Å². The van der Waals surface area contributed by atoms with Crippen LogP contribution in [0.3, 0.4) is 0 Å². The van der Waals surface area contributed by atoms with E-state index in [9.17, 15) is 0 Å². The first kappa shape index (κ1) is 16.5. The van der Waals surface area contributed by atoms with Crippen molar-refractivity contribution in [2.24, 2.45) is 0 Å². The third kappa shape index (κ3) is 2.60. The van der Waals surface area contributed by atoms with Crippen molar-refractivity contribution in [3.63, 3.8) is 0 Å². The lowest BCUT2D eigenvalue weighted by molar-refractivity contribution is 0.395. The SMILES string of the molecule is COc1ccc(-c2nn(-c3ccc(C)cc3C)c3c2CCN3)c(OC)c1. The molecule has 0 unspecified atom stereocenters. The normalized spacial score (nSPS) is 12.6. The fourth-order valence-electron chi connectivity index (χ4n) is 3.60. The molecule has 1 aliphatic rings. The number of ether oxygens (including phenoxy) is 2. The fourth-order valence-corrected chi connectivity index (χ4v) is 3.60. The third-order valence-electron chi connectivity index (χ3n) is 4.90. The van der Waals surface area contributed by atoms with Gasteiger partial charge in [-0.2, -0.15) is 5.10 Å². The monoisotopic (exact) mass is 349 g/mol. The molecule has 134 valence electrons. The number of hydrogen-bond donors (Lipinski definition) is 1. The molecule has 4 rings (SSSR count). The van der Waals surface area contributed by atoms with Gasteiger partial charge in [-0.3, -0.25) is 0 Å². The van der Waals surface area contributed by atoms with Gasteiger partial charge < -0.3 is 14.8 Å². The molecular weight excluding hydrogens is 326 g/mol. The second kappa shape index (κ2) is 6.41. The Bertz CT molecular complexity index is 976. The summed E-state index contributed by atoms with van der Waals surface area (Å²) in [5.74, 6) is 2.61. The van der Waals surface area contributed by atoms with Crippen molar-refractivity contribution in [2.75, 3.05) is 26.1 Å². The molecule has 0 radical (unpaired) electrons. The van der Waals surface area contributed by atoms with E-state index in [1.54, 1.807) is 14.2 Å². The molecule has 0 atom stereocenters. The Morgan fingerprint density at radius 1 is 1.04 bits per heavy atom. The predicted molar refractivity (Wildman–Crippen MR) is 104 cm³/mol. The number of methoxy groups -OCH3 is 2. The Morgan fingerprint density at radius 3 is 2.62 bits per heavy atom. The second-order valence-electron chi connectivity index (χ2n) is 6.62. The summed E-state index contributed by atoms with van der Waals surface area (Å²) in [6, 6.07) is 12.3. The number of hydrogen-bond acceptors (Lipinski definition) is 4. The van der Waals surface area contributed by atoms with Gasteiger partial charge in [0.05, 0.1) is 19.9 Å². The van der Waals surface area contributed by atoms with E-state index in [2.05, 4.69) is 37.4 Å². The highest BCUT2D eigenvalue weighted by molar-refractivity contribution is 5.77. The van der Waals surface area contributed by atoms with Gasteiger partial charge in [0.2, 0.25) is 0 Å². The second-order valence-corrected chi connectivity index (χ2v) is 6.62. The summed E-state index contributed by atoms with van der Waals surface area (Å²) in [6.07, 6.45) is 0.949. The Kier molecular flexibility index (Phi) is 4.07. The molecule has 0 aliphatic carbocycles. The predicted octanol–water partition coefficient (Wildman–Crippen LogP) is 4.14. The van der Waals surface area contributed by atoms with E-state index in [-0.39, 0.29) is 0 Å². The number of anilines is 1. The zero-order valence-corrected chi connectivity index (χ0v) is 15.6. The van der Waals surface area contributed by atoms with E-state index in [0.29, 0.717) is 0 Å². The molecule has 0 saturated heterocycles. The molecule has 26 heavy (non-hydrogen) atoms. The maximum atomic E-state index is 5.61. The van der Waals surface area contributed by atoms with Crippen LogP contribution in [0.1, 0.15) is 16.7 Å². The smallest absolute Gasteiger partial charge is 0.133 e. The van der Waals surface area contributed by atoms with Crippen LogP contribution in [-0.4, -0.2) is 30.5 Å². The molecule has 1 N–H and O–H groups in total. The summed E-state index contributed by atoms with van der Waals surface area (Å²) in [7, 11) is 3.34. The summed E-state index contributed by atoms with van der Waals surface area (Å²) in [6.45, 7) is 5.15. The van der Waals surface area contributed by atoms with Gasteiger partial charge in [-0.1, -0.05) is 17.7 Å². The minimum atomic E-state index is 0.768. The van der Waals surface area contributed by atoms with Gasteiger partial charge in [-0.15, -0.1) is 0 Å². The van der Waals surface area contributed by atoms with Crippen molar-refractivity contribution in [1.82, 2.24) is 9.78 Å². The molecular formula is C21H23N3O2. The maximum absolute atomic E-state index is 5.61. The van der Waals surface area contributed by atoms with E-state index in [4.69, 9.17) is 14.6 Å². The lowest BCUT2D eigenvalue weighted by Crippen LogP contribution is -2.06. The van der Waals surface area contributed by atoms with E-state index >= 15 is 0 Å². The van der Waals surface area contributed by atoms with Crippen molar-refractivity contribution < 1.29 is 9.47 Å². The number of fused-ring (bicyclic) bond motifs is 1. The lowest BCUT2D eigenvalue weighted by Gasteiger charge is -2.11. The molecule has 0 bridgehead atoms. The van der Waals surface area contributed by atoms with Crippen molar-refractivity contribution in [3.8, 4) is 28.4 Å². The molecule has 1 aromatic heterocycles. The van der Waals surface area contributed by atoms with Gasteiger partial charge in [-0.05, 0) is 44.0 Å². The van der Waals surface area contributed by atoms with Crippen LogP contribution in [0.4, 0.5) is 5.82 Å². The third-order valence-corrected chi connectivity index (χ3v) is 4.90. The Morgan fingerprint density at radius 2 is 1.88 bits per heavy atom. The van der Waals surface area contributed by atoms with Crippen LogP contribution in [-0.2, 0) is 6.42 Å². The van der Waals surface area contributed by atoms with Crippen LogP contribution in [0.15, 0.2) is 36.4 Å². The highest BCUT2D eigenvalue weighted by Gasteiger charge is 2.26. The summed E-state index contributed by atoms with van der Waals surface area (Å²) in [5.41, 5.74) is 6.73. The fraction of sp³-hybridized carbons (Fsp3) is 0.286. The molecule has 1 aliphatic heterocycles. The maximum Gasteiger partial charge on any atom is 0.133 e. The zero-order chi connectivity index (χ0) is 18.3. The van der Waals surface area contributed by atoms with Crippen LogP contribution in [0.25, 0.3) is 16.9 Å². The molecule has 0 fully saturated rings. The van der Waals surface area contributed by atoms with Crippen molar-refractivity contribution in [3.05, 3.63) is 53.1 Å². The number of benzene rings is 2. The minimum absolute atomic E-state index is 0.768. The summed E-state index contributed by atoms with van der Waals surface area (Å²) in [4.78, 5) is 0. The topological polar surface area (TPSA) is 48.3 Å². The summed E-state index contributed by atoms with van der Waals surface area (Å²) in [5, 5.41) is 8.45. The first-order valence-corrected chi connectivity index (χ1v) is 8.78. The summed E-state index contributed by atoms with van der Waals surface area (Å²) < 4.78 is 13.0. The number of nitrogens with one attached hydrogen (secondary N) is 1. The van der Waals surface area contributed by atoms with Crippen molar-refractivity contribution >= 4 is 5.82 Å². The van der Waals surface area contributed by atoms with E-state index < -0.39 is 0 Å². The van der Waals surface area contributed by atoms with Gasteiger partial charge in [0.25, 0.3) is 0 Å². The first-order chi connectivity index (χ1) is 12.6. The molecule has 5 nitrogen and oxygen atoms in total. The van der Waals surface area contributed by atoms with E-state index in [0.717, 1.165) is 47.2 Å². The summed E-state index contributed by atoms with van der Waals surface area (Å²) >= 11 is 0. The standard InChI is InChI=1S/C21H23N3O2/c1-13-5-8-18(14(2)11-13)24-21-17(9-10-22-21)20(23-24)16-7-6-15(25-3)12-19(16)26-4/h5-8,11-12,22H,9-10H2,1-4H3. The van der Waals surface area contributed by atoms with Crippen molar-refractivity contribution in [1.29, 1.82) is 0 Å². The van der Waals surface area contributed by atoms with Gasteiger partial charge >= 0.3 is 0 Å². The molecule has 0 amide bonds. The highest BCUT2D eigenvalue weighted by Crippen LogP contribution is 2.40. The van der Waals surface area contributed by atoms with E-state index in [1.165, 1.54) is 16.7 Å². The van der Waals surface area contributed by atoms with Gasteiger partial charge in [0.15, 0.2) is 0 Å². The Hall–Kier alpha value is -2.95. The molecule has 2 aromatic carbocycles. The van der Waals surface area contributed by atoms with Gasteiger partial charge in [0, 0.05) is 23.7 Å². The lowest BCUT2D eigenvalue weighted by atomic mass is 10.1. The van der Waals surface area contributed by atoms with E-state index in [1.807, 2.05) is 22.9 Å². The molecule has 2 heterocycles. The van der Waals surface area contributed by atoms with Crippen LogP contribution < -0.4 is 14.8 Å². The first-order valence-electron chi connectivity index (χ1n) is 8.78. The van der Waals surface area contributed by atoms with Crippen LogP contribution in [0.5, 0.6) is 11.5 Å². The Labute approximate surface area is 153 Å². The Balaban J connectivity index is 1.90. The average Bonchev–Trinajstić information content (AvgIpc) is 3.24. The number of nitrogens with zero attached hydrogens (tertiary/aromatic N) is 2. The molecule has 3 aromatic rings. The highest BCUT2D eigenvalue weighted by atomic mass is 16.5. The number of aryl methyl sites for hydroxylation is 2. The average molecular weight is 349 g/mol. The quantitative estimate of drug-likeness (QED) is 0.769. The van der Waals surface area contributed by atoms with Crippen LogP contribution in [0, 0.1) is 13.8 Å². The number of rotatable bonds is 4.